The highest BCUT2D eigenvalue weighted by atomic mass is 15.1. The third-order valence-corrected chi connectivity index (χ3v) is 14.2. The summed E-state index contributed by atoms with van der Waals surface area (Å²) in [4.78, 5) is 4.64. The fraction of sp³-hybridized carbons (Fsp3) is 0. The number of para-hydroxylation sites is 4. The maximum absolute atomic E-state index is 2.44. The Morgan fingerprint density at radius 2 is 0.472 bits per heavy atom. The summed E-state index contributed by atoms with van der Waals surface area (Å²) in [6.45, 7) is 0. The van der Waals surface area contributed by atoms with Crippen molar-refractivity contribution in [1.29, 1.82) is 0 Å². The van der Waals surface area contributed by atoms with E-state index < -0.39 is 0 Å². The molecule has 0 bridgehead atoms. The van der Waals surface area contributed by atoms with Gasteiger partial charge in [0, 0.05) is 34.1 Å². The Morgan fingerprint density at radius 1 is 0.181 bits per heavy atom. The van der Waals surface area contributed by atoms with E-state index in [-0.39, 0.29) is 0 Å². The number of nitrogens with zero attached hydrogens (tertiary/aromatic N) is 2. The van der Waals surface area contributed by atoms with E-state index in [1.165, 1.54) is 76.5 Å². The van der Waals surface area contributed by atoms with E-state index in [1.54, 1.807) is 0 Å². The molecule has 0 amide bonds. The van der Waals surface area contributed by atoms with E-state index >= 15 is 0 Å². The topological polar surface area (TPSA) is 6.48 Å². The quantitative estimate of drug-likeness (QED) is 0.126. The second-order valence-corrected chi connectivity index (χ2v) is 18.4. The molecule has 13 aromatic rings. The van der Waals surface area contributed by atoms with Crippen LogP contribution in [0.25, 0.3) is 87.6 Å². The Kier molecular flexibility index (Phi) is 10.9. The molecule has 2 nitrogen and oxygen atoms in total. The fourth-order valence-corrected chi connectivity index (χ4v) is 10.9. The van der Waals surface area contributed by atoms with Crippen LogP contribution in [-0.4, -0.2) is 0 Å². The van der Waals surface area contributed by atoms with Gasteiger partial charge in [0.25, 0.3) is 0 Å². The molecule has 0 N–H and O–H groups in total. The van der Waals surface area contributed by atoms with Crippen LogP contribution in [0.3, 0.4) is 0 Å². The van der Waals surface area contributed by atoms with Crippen molar-refractivity contribution in [2.45, 2.75) is 0 Å². The lowest BCUT2D eigenvalue weighted by Gasteiger charge is -2.25. The first-order valence-corrected chi connectivity index (χ1v) is 24.7. The van der Waals surface area contributed by atoms with Crippen molar-refractivity contribution in [2.24, 2.45) is 0 Å². The number of benzene rings is 13. The summed E-state index contributed by atoms with van der Waals surface area (Å²) >= 11 is 0. The third kappa shape index (κ3) is 7.73. The first-order valence-electron chi connectivity index (χ1n) is 24.7. The fourth-order valence-electron chi connectivity index (χ4n) is 10.9. The van der Waals surface area contributed by atoms with E-state index in [0.29, 0.717) is 0 Å². The van der Waals surface area contributed by atoms with E-state index in [9.17, 15) is 0 Å². The van der Waals surface area contributed by atoms with Crippen LogP contribution in [0.5, 0.6) is 0 Å². The Hall–Kier alpha value is -9.50. The smallest absolute Gasteiger partial charge is 0.0462 e. The standard InChI is InChI=1S/C70H48N2/c1-5-23-55(24-6-1)71(56-25-7-2-8-26-56)59-41-35-49(36-42-59)53-39-45-65-67(47-53)69(63-33-17-21-51-19-13-15-31-61(51)63)66-46-40-54(48-68(66)70(65)64-34-18-22-52-20-14-16-32-62(52)64)50-37-43-60(44-38-50)72(57-27-9-3-10-28-57)58-29-11-4-12-30-58/h1-48H. The number of hydrogen-bond acceptors (Lipinski definition) is 2. The van der Waals surface area contributed by atoms with Crippen LogP contribution in [0.1, 0.15) is 0 Å². The Bertz CT molecular complexity index is 3700. The molecule has 0 saturated carbocycles. The largest absolute Gasteiger partial charge is 0.311 e. The molecule has 72 heavy (non-hydrogen) atoms. The number of hydrogen-bond donors (Lipinski definition) is 0. The van der Waals surface area contributed by atoms with Gasteiger partial charge in [0.05, 0.1) is 0 Å². The molecule has 0 aliphatic rings. The third-order valence-electron chi connectivity index (χ3n) is 14.2. The molecule has 13 aromatic carbocycles. The van der Waals surface area contributed by atoms with Crippen molar-refractivity contribution in [3.05, 3.63) is 291 Å². The molecule has 0 spiro atoms. The van der Waals surface area contributed by atoms with Gasteiger partial charge in [-0.15, -0.1) is 0 Å². The van der Waals surface area contributed by atoms with Crippen molar-refractivity contribution >= 4 is 77.2 Å². The summed E-state index contributed by atoms with van der Waals surface area (Å²) in [5.74, 6) is 0. The minimum atomic E-state index is 1.10. The maximum atomic E-state index is 2.44. The van der Waals surface area contributed by atoms with Gasteiger partial charge < -0.3 is 9.80 Å². The highest BCUT2D eigenvalue weighted by Gasteiger charge is 2.22. The number of rotatable bonds is 10. The summed E-state index contributed by atoms with van der Waals surface area (Å²) in [5.41, 5.74) is 16.3. The van der Waals surface area contributed by atoms with Gasteiger partial charge in [-0.25, -0.2) is 0 Å². The molecule has 0 aliphatic heterocycles. The molecule has 0 fully saturated rings. The zero-order valence-corrected chi connectivity index (χ0v) is 39.6. The van der Waals surface area contributed by atoms with Gasteiger partial charge in [-0.05, 0) is 173 Å². The minimum Gasteiger partial charge on any atom is -0.311 e. The molecule has 13 rings (SSSR count). The molecule has 0 unspecified atom stereocenters. The van der Waals surface area contributed by atoms with Crippen LogP contribution in [0.4, 0.5) is 34.1 Å². The second kappa shape index (κ2) is 18.4. The van der Waals surface area contributed by atoms with Gasteiger partial charge in [-0.2, -0.15) is 0 Å². The SMILES string of the molecule is c1ccc(N(c2ccccc2)c2ccc(-c3ccc4c(-c5cccc6ccccc56)c5cc(-c6ccc(N(c7ccccc7)c7ccccc7)cc6)ccc5c(-c5cccc6ccccc56)c4c3)cc2)cc1. The average Bonchev–Trinajstić information content (AvgIpc) is 3.46. The first-order chi connectivity index (χ1) is 35.7. The van der Waals surface area contributed by atoms with Gasteiger partial charge in [-0.1, -0.05) is 206 Å². The number of anilines is 6. The van der Waals surface area contributed by atoms with Crippen molar-refractivity contribution in [1.82, 2.24) is 0 Å². The molecular formula is C70H48N2. The first kappa shape index (κ1) is 42.6. The molecule has 2 heteroatoms. The minimum absolute atomic E-state index is 1.10. The summed E-state index contributed by atoms with van der Waals surface area (Å²) in [7, 11) is 0. The molecule has 338 valence electrons. The van der Waals surface area contributed by atoms with Gasteiger partial charge in [-0.3, -0.25) is 0 Å². The maximum Gasteiger partial charge on any atom is 0.0462 e. The van der Waals surface area contributed by atoms with Gasteiger partial charge in [0.2, 0.25) is 0 Å². The summed E-state index contributed by atoms with van der Waals surface area (Å²) in [6, 6.07) is 106. The van der Waals surface area contributed by atoms with Crippen molar-refractivity contribution in [2.75, 3.05) is 9.80 Å². The van der Waals surface area contributed by atoms with E-state index in [1.807, 2.05) is 0 Å². The van der Waals surface area contributed by atoms with Crippen molar-refractivity contribution in [3.63, 3.8) is 0 Å². The van der Waals surface area contributed by atoms with Crippen LogP contribution in [0.15, 0.2) is 291 Å². The van der Waals surface area contributed by atoms with E-state index in [4.69, 9.17) is 0 Å². The molecule has 0 aromatic heterocycles. The summed E-state index contributed by atoms with van der Waals surface area (Å²) < 4.78 is 0. The van der Waals surface area contributed by atoms with Gasteiger partial charge in [0.15, 0.2) is 0 Å². The lowest BCUT2D eigenvalue weighted by atomic mass is 9.82. The van der Waals surface area contributed by atoms with Crippen LogP contribution >= 0.6 is 0 Å². The number of fused-ring (bicyclic) bond motifs is 4. The monoisotopic (exact) mass is 916 g/mol. The van der Waals surface area contributed by atoms with Crippen molar-refractivity contribution in [3.8, 4) is 44.5 Å². The molecule has 0 saturated heterocycles. The zero-order valence-electron chi connectivity index (χ0n) is 39.6. The normalized spacial score (nSPS) is 11.3. The predicted molar refractivity (Wildman–Crippen MR) is 308 cm³/mol. The van der Waals surface area contributed by atoms with Crippen molar-refractivity contribution < 1.29 is 0 Å². The van der Waals surface area contributed by atoms with Crippen LogP contribution < -0.4 is 9.80 Å². The molecular weight excluding hydrogens is 869 g/mol. The van der Waals surface area contributed by atoms with E-state index in [2.05, 4.69) is 301 Å². The Morgan fingerprint density at radius 3 is 0.833 bits per heavy atom. The highest BCUT2D eigenvalue weighted by Crippen LogP contribution is 2.49. The summed E-state index contributed by atoms with van der Waals surface area (Å²) in [6.07, 6.45) is 0. The van der Waals surface area contributed by atoms with E-state index in [0.717, 1.165) is 45.3 Å². The molecule has 0 heterocycles. The van der Waals surface area contributed by atoms with Crippen LogP contribution in [-0.2, 0) is 0 Å². The predicted octanol–water partition coefficient (Wildman–Crippen LogP) is 19.9. The lowest BCUT2D eigenvalue weighted by Crippen LogP contribution is -2.09. The van der Waals surface area contributed by atoms with Gasteiger partial charge >= 0.3 is 0 Å². The average molecular weight is 917 g/mol. The summed E-state index contributed by atoms with van der Waals surface area (Å²) in [5, 5.41) is 9.79. The van der Waals surface area contributed by atoms with Crippen LogP contribution in [0, 0.1) is 0 Å². The Balaban J connectivity index is 1.02. The highest BCUT2D eigenvalue weighted by molar-refractivity contribution is 6.26. The second-order valence-electron chi connectivity index (χ2n) is 18.4. The molecule has 0 radical (unpaired) electrons. The van der Waals surface area contributed by atoms with Gasteiger partial charge in [0.1, 0.15) is 0 Å². The van der Waals surface area contributed by atoms with Crippen LogP contribution in [0.2, 0.25) is 0 Å². The Labute approximate surface area is 420 Å². The molecule has 0 aliphatic carbocycles. The lowest BCUT2D eigenvalue weighted by molar-refractivity contribution is 1.28. The molecule has 0 atom stereocenters. The zero-order chi connectivity index (χ0) is 47.8.